The maximum absolute atomic E-state index is 11.9. The van der Waals surface area contributed by atoms with E-state index in [2.05, 4.69) is 0 Å². The number of amides is 1. The SMILES string of the molecule is CC(C)C(N)CC(=O)N1CCC(CC(=O)O)C1. The highest BCUT2D eigenvalue weighted by atomic mass is 16.4. The Labute approximate surface area is 102 Å². The zero-order valence-electron chi connectivity index (χ0n) is 10.6. The fraction of sp³-hybridized carbons (Fsp3) is 0.833. The Morgan fingerprint density at radius 1 is 1.47 bits per heavy atom. The second-order valence-corrected chi connectivity index (χ2v) is 5.20. The lowest BCUT2D eigenvalue weighted by atomic mass is 10.0. The van der Waals surface area contributed by atoms with Crippen LogP contribution in [0.3, 0.4) is 0 Å². The van der Waals surface area contributed by atoms with E-state index in [0.717, 1.165) is 6.42 Å². The molecule has 1 fully saturated rings. The number of carboxylic acids is 1. The predicted molar refractivity (Wildman–Crippen MR) is 64.4 cm³/mol. The highest BCUT2D eigenvalue weighted by Crippen LogP contribution is 2.20. The molecule has 3 N–H and O–H groups in total. The van der Waals surface area contributed by atoms with Crippen LogP contribution in [0.2, 0.25) is 0 Å². The molecule has 1 aliphatic heterocycles. The smallest absolute Gasteiger partial charge is 0.303 e. The summed E-state index contributed by atoms with van der Waals surface area (Å²) in [6, 6.07) is -0.110. The topological polar surface area (TPSA) is 83.6 Å². The first-order valence-corrected chi connectivity index (χ1v) is 6.15. The molecule has 0 spiro atoms. The van der Waals surface area contributed by atoms with Crippen LogP contribution in [0.4, 0.5) is 0 Å². The molecule has 0 aliphatic carbocycles. The van der Waals surface area contributed by atoms with Crippen LogP contribution < -0.4 is 5.73 Å². The lowest BCUT2D eigenvalue weighted by Gasteiger charge is -2.20. The minimum atomic E-state index is -0.789. The number of hydrogen-bond acceptors (Lipinski definition) is 3. The summed E-state index contributed by atoms with van der Waals surface area (Å²) in [6.45, 7) is 5.22. The van der Waals surface area contributed by atoms with Gasteiger partial charge in [0.25, 0.3) is 0 Å². The molecule has 5 heteroatoms. The van der Waals surface area contributed by atoms with Crippen molar-refractivity contribution in [2.75, 3.05) is 13.1 Å². The van der Waals surface area contributed by atoms with Gasteiger partial charge in [-0.15, -0.1) is 0 Å². The van der Waals surface area contributed by atoms with Gasteiger partial charge in [-0.3, -0.25) is 9.59 Å². The molecule has 1 rings (SSSR count). The van der Waals surface area contributed by atoms with E-state index in [1.165, 1.54) is 0 Å². The average Bonchev–Trinajstić information content (AvgIpc) is 2.64. The van der Waals surface area contributed by atoms with E-state index in [1.807, 2.05) is 13.8 Å². The summed E-state index contributed by atoms with van der Waals surface area (Å²) in [6.07, 6.45) is 1.30. The molecule has 0 aromatic carbocycles. The molecule has 1 heterocycles. The average molecular weight is 242 g/mol. The molecule has 2 atom stereocenters. The summed E-state index contributed by atoms with van der Waals surface area (Å²) in [7, 11) is 0. The number of nitrogens with zero attached hydrogens (tertiary/aromatic N) is 1. The van der Waals surface area contributed by atoms with Crippen molar-refractivity contribution in [3.05, 3.63) is 0 Å². The van der Waals surface area contributed by atoms with Crippen molar-refractivity contribution in [2.45, 2.75) is 39.2 Å². The van der Waals surface area contributed by atoms with Crippen LogP contribution in [-0.4, -0.2) is 41.0 Å². The minimum Gasteiger partial charge on any atom is -0.481 e. The maximum Gasteiger partial charge on any atom is 0.303 e. The van der Waals surface area contributed by atoms with E-state index in [0.29, 0.717) is 19.5 Å². The van der Waals surface area contributed by atoms with Crippen molar-refractivity contribution < 1.29 is 14.7 Å². The Hall–Kier alpha value is -1.10. The Bertz CT molecular complexity index is 291. The Balaban J connectivity index is 2.37. The molecular weight excluding hydrogens is 220 g/mol. The van der Waals surface area contributed by atoms with Crippen LogP contribution in [-0.2, 0) is 9.59 Å². The molecule has 0 aromatic rings. The molecule has 5 nitrogen and oxygen atoms in total. The molecule has 17 heavy (non-hydrogen) atoms. The van der Waals surface area contributed by atoms with Crippen molar-refractivity contribution in [1.29, 1.82) is 0 Å². The van der Waals surface area contributed by atoms with E-state index in [4.69, 9.17) is 10.8 Å². The van der Waals surface area contributed by atoms with Gasteiger partial charge in [0.2, 0.25) is 5.91 Å². The fourth-order valence-corrected chi connectivity index (χ4v) is 2.04. The van der Waals surface area contributed by atoms with Crippen LogP contribution in [0.15, 0.2) is 0 Å². The number of aliphatic carboxylic acids is 1. The van der Waals surface area contributed by atoms with E-state index in [-0.39, 0.29) is 30.2 Å². The third-order valence-electron chi connectivity index (χ3n) is 3.37. The van der Waals surface area contributed by atoms with Gasteiger partial charge in [-0.05, 0) is 18.3 Å². The van der Waals surface area contributed by atoms with Crippen LogP contribution in [0, 0.1) is 11.8 Å². The minimum absolute atomic E-state index is 0.0547. The van der Waals surface area contributed by atoms with E-state index in [1.54, 1.807) is 4.90 Å². The van der Waals surface area contributed by atoms with Gasteiger partial charge in [0, 0.05) is 32.0 Å². The van der Waals surface area contributed by atoms with Crippen LogP contribution in [0.5, 0.6) is 0 Å². The van der Waals surface area contributed by atoms with E-state index in [9.17, 15) is 9.59 Å². The number of hydrogen-bond donors (Lipinski definition) is 2. The van der Waals surface area contributed by atoms with Crippen LogP contribution >= 0.6 is 0 Å². The monoisotopic (exact) mass is 242 g/mol. The van der Waals surface area contributed by atoms with Gasteiger partial charge in [0.1, 0.15) is 0 Å². The van der Waals surface area contributed by atoms with E-state index < -0.39 is 5.97 Å². The van der Waals surface area contributed by atoms with Crippen LogP contribution in [0.1, 0.15) is 33.1 Å². The second kappa shape index (κ2) is 6.00. The zero-order valence-corrected chi connectivity index (χ0v) is 10.6. The number of likely N-dealkylation sites (tertiary alicyclic amines) is 1. The van der Waals surface area contributed by atoms with Gasteiger partial charge in [0.15, 0.2) is 0 Å². The summed E-state index contributed by atoms with van der Waals surface area (Å²) in [4.78, 5) is 24.2. The number of nitrogens with two attached hydrogens (primary N) is 1. The highest BCUT2D eigenvalue weighted by molar-refractivity contribution is 5.77. The first-order valence-electron chi connectivity index (χ1n) is 6.15. The van der Waals surface area contributed by atoms with Crippen molar-refractivity contribution >= 4 is 11.9 Å². The van der Waals surface area contributed by atoms with Crippen molar-refractivity contribution in [1.82, 2.24) is 4.90 Å². The lowest BCUT2D eigenvalue weighted by molar-refractivity contribution is -0.138. The van der Waals surface area contributed by atoms with Crippen LogP contribution in [0.25, 0.3) is 0 Å². The van der Waals surface area contributed by atoms with Gasteiger partial charge in [0.05, 0.1) is 0 Å². The second-order valence-electron chi connectivity index (χ2n) is 5.20. The molecule has 98 valence electrons. The largest absolute Gasteiger partial charge is 0.481 e. The fourth-order valence-electron chi connectivity index (χ4n) is 2.04. The lowest BCUT2D eigenvalue weighted by Crippen LogP contribution is -2.37. The van der Waals surface area contributed by atoms with Gasteiger partial charge >= 0.3 is 5.97 Å². The molecule has 0 bridgehead atoms. The summed E-state index contributed by atoms with van der Waals surface area (Å²) in [5.74, 6) is -0.342. The van der Waals surface area contributed by atoms with Crippen molar-refractivity contribution in [2.24, 2.45) is 17.6 Å². The first-order chi connectivity index (χ1) is 7.90. The normalized spacial score (nSPS) is 21.9. The van der Waals surface area contributed by atoms with Gasteiger partial charge in [-0.1, -0.05) is 13.8 Å². The van der Waals surface area contributed by atoms with Gasteiger partial charge in [-0.25, -0.2) is 0 Å². The molecule has 1 amide bonds. The summed E-state index contributed by atoms with van der Waals surface area (Å²) >= 11 is 0. The van der Waals surface area contributed by atoms with Gasteiger partial charge in [-0.2, -0.15) is 0 Å². The van der Waals surface area contributed by atoms with E-state index >= 15 is 0 Å². The molecule has 2 unspecified atom stereocenters. The van der Waals surface area contributed by atoms with Crippen molar-refractivity contribution in [3.63, 3.8) is 0 Å². The maximum atomic E-state index is 11.9. The third kappa shape index (κ3) is 4.34. The predicted octanol–water partition coefficient (Wildman–Crippen LogP) is 0.683. The molecule has 0 saturated carbocycles. The number of carbonyl (C=O) groups excluding carboxylic acids is 1. The third-order valence-corrected chi connectivity index (χ3v) is 3.37. The Kier molecular flexibility index (Phi) is 4.93. The Morgan fingerprint density at radius 3 is 2.65 bits per heavy atom. The number of rotatable bonds is 5. The summed E-state index contributed by atoms with van der Waals surface area (Å²) in [5.41, 5.74) is 5.86. The summed E-state index contributed by atoms with van der Waals surface area (Å²) < 4.78 is 0. The highest BCUT2D eigenvalue weighted by Gasteiger charge is 2.28. The molecule has 0 radical (unpaired) electrons. The first kappa shape index (κ1) is 14.0. The quantitative estimate of drug-likeness (QED) is 0.742. The molecular formula is C12H22N2O3. The Morgan fingerprint density at radius 2 is 2.12 bits per heavy atom. The zero-order chi connectivity index (χ0) is 13.0. The number of carbonyl (C=O) groups is 2. The molecule has 1 aliphatic rings. The van der Waals surface area contributed by atoms with Gasteiger partial charge < -0.3 is 15.7 Å². The standard InChI is InChI=1S/C12H22N2O3/c1-8(2)10(13)6-11(15)14-4-3-9(7-14)5-12(16)17/h8-10H,3-7,13H2,1-2H3,(H,16,17). The number of carboxylic acid groups (broad SMARTS) is 1. The molecule has 0 aromatic heterocycles. The summed E-state index contributed by atoms with van der Waals surface area (Å²) in [5, 5.41) is 8.69. The van der Waals surface area contributed by atoms with Crippen molar-refractivity contribution in [3.8, 4) is 0 Å². The molecule has 1 saturated heterocycles.